The molecule has 0 saturated carbocycles. The van der Waals surface area contributed by atoms with E-state index in [9.17, 15) is 9.59 Å². The molecule has 1 heterocycles. The molecule has 0 aliphatic rings. The van der Waals surface area contributed by atoms with Crippen LogP contribution in [0.15, 0.2) is 6.07 Å². The first-order valence-corrected chi connectivity index (χ1v) is 3.49. The highest BCUT2D eigenvalue weighted by atomic mass is 35.5. The lowest BCUT2D eigenvalue weighted by atomic mass is 10.3. The quantitative estimate of drug-likeness (QED) is 0.560. The van der Waals surface area contributed by atoms with Gasteiger partial charge in [0, 0.05) is 0 Å². The van der Waals surface area contributed by atoms with Gasteiger partial charge in [0.15, 0.2) is 6.29 Å². The lowest BCUT2D eigenvalue weighted by Crippen LogP contribution is -2.00. The Morgan fingerprint density at radius 1 is 1.75 bits per heavy atom. The van der Waals surface area contributed by atoms with E-state index in [1.807, 2.05) is 0 Å². The Morgan fingerprint density at radius 3 is 2.83 bits per heavy atom. The van der Waals surface area contributed by atoms with Gasteiger partial charge in [-0.15, -0.1) is 0 Å². The predicted octanol–water partition coefficient (Wildman–Crippen LogP) is 1.27. The third kappa shape index (κ3) is 1.48. The highest BCUT2D eigenvalue weighted by Crippen LogP contribution is 2.14. The minimum Gasteiger partial charge on any atom is -0.464 e. The summed E-state index contributed by atoms with van der Waals surface area (Å²) in [6, 6.07) is 1.33. The van der Waals surface area contributed by atoms with Crippen molar-refractivity contribution >= 4 is 23.9 Å². The summed E-state index contributed by atoms with van der Waals surface area (Å²) in [7, 11) is 1.25. The van der Waals surface area contributed by atoms with Crippen LogP contribution in [0, 0.1) is 0 Å². The standard InChI is InChI=1S/C7H6ClNO3/c1-12-7(11)5-2-4(3-10)6(8)9-5/h2-3,9H,1H3. The minimum atomic E-state index is -0.551. The van der Waals surface area contributed by atoms with Crippen LogP contribution in [-0.4, -0.2) is 24.3 Å². The molecule has 64 valence electrons. The number of hydrogen-bond acceptors (Lipinski definition) is 3. The summed E-state index contributed by atoms with van der Waals surface area (Å²) >= 11 is 5.55. The molecule has 4 nitrogen and oxygen atoms in total. The third-order valence-electron chi connectivity index (χ3n) is 1.33. The molecule has 0 amide bonds. The van der Waals surface area contributed by atoms with Gasteiger partial charge in [0.05, 0.1) is 12.7 Å². The number of aldehydes is 1. The molecule has 0 saturated heterocycles. The smallest absolute Gasteiger partial charge is 0.354 e. The van der Waals surface area contributed by atoms with Crippen LogP contribution in [0.25, 0.3) is 0 Å². The number of methoxy groups -OCH3 is 1. The maximum Gasteiger partial charge on any atom is 0.354 e. The molecule has 0 fully saturated rings. The number of carbonyl (C=O) groups excluding carboxylic acids is 2. The molecular formula is C7H6ClNO3. The second-order valence-corrected chi connectivity index (χ2v) is 2.44. The van der Waals surface area contributed by atoms with Gasteiger partial charge in [-0.1, -0.05) is 11.6 Å². The highest BCUT2D eigenvalue weighted by Gasteiger charge is 2.11. The third-order valence-corrected chi connectivity index (χ3v) is 1.64. The average molecular weight is 188 g/mol. The number of H-pyrrole nitrogens is 1. The van der Waals surface area contributed by atoms with Gasteiger partial charge in [0.2, 0.25) is 0 Å². The van der Waals surface area contributed by atoms with E-state index in [1.165, 1.54) is 13.2 Å². The summed E-state index contributed by atoms with van der Waals surface area (Å²) < 4.78 is 4.40. The Morgan fingerprint density at radius 2 is 2.42 bits per heavy atom. The van der Waals surface area contributed by atoms with Gasteiger partial charge in [-0.3, -0.25) is 4.79 Å². The van der Waals surface area contributed by atoms with Gasteiger partial charge in [-0.25, -0.2) is 4.79 Å². The van der Waals surface area contributed by atoms with Crippen LogP contribution in [0.2, 0.25) is 5.15 Å². The highest BCUT2D eigenvalue weighted by molar-refractivity contribution is 6.32. The average Bonchev–Trinajstić information content (AvgIpc) is 2.45. The van der Waals surface area contributed by atoms with Gasteiger partial charge in [0.1, 0.15) is 10.8 Å². The molecule has 0 aromatic carbocycles. The largest absolute Gasteiger partial charge is 0.464 e. The number of esters is 1. The number of nitrogens with one attached hydrogen (secondary N) is 1. The van der Waals surface area contributed by atoms with Gasteiger partial charge in [-0.05, 0) is 6.07 Å². The number of aromatic nitrogens is 1. The maximum atomic E-state index is 10.9. The number of halogens is 1. The molecule has 1 N–H and O–H groups in total. The zero-order chi connectivity index (χ0) is 9.14. The van der Waals surface area contributed by atoms with Crippen molar-refractivity contribution in [2.24, 2.45) is 0 Å². The van der Waals surface area contributed by atoms with Crippen LogP contribution in [-0.2, 0) is 4.74 Å². The van der Waals surface area contributed by atoms with Crippen LogP contribution in [0.4, 0.5) is 0 Å². The fourth-order valence-corrected chi connectivity index (χ4v) is 0.952. The van der Waals surface area contributed by atoms with Crippen LogP contribution in [0.3, 0.4) is 0 Å². The topological polar surface area (TPSA) is 59.2 Å². The first kappa shape index (κ1) is 8.80. The molecule has 0 radical (unpaired) electrons. The molecule has 12 heavy (non-hydrogen) atoms. The van der Waals surface area contributed by atoms with E-state index in [-0.39, 0.29) is 16.4 Å². The molecule has 1 aromatic heterocycles. The summed E-state index contributed by atoms with van der Waals surface area (Å²) in [6.07, 6.45) is 0.561. The monoisotopic (exact) mass is 187 g/mol. The van der Waals surface area contributed by atoms with Gasteiger partial charge < -0.3 is 9.72 Å². The number of aromatic amines is 1. The van der Waals surface area contributed by atoms with E-state index in [1.54, 1.807) is 0 Å². The molecular weight excluding hydrogens is 182 g/mol. The molecule has 0 bridgehead atoms. The van der Waals surface area contributed by atoms with Crippen molar-refractivity contribution in [3.63, 3.8) is 0 Å². The fraction of sp³-hybridized carbons (Fsp3) is 0.143. The first-order valence-electron chi connectivity index (χ1n) is 3.11. The summed E-state index contributed by atoms with van der Waals surface area (Å²) in [5.41, 5.74) is 0.418. The van der Waals surface area contributed by atoms with Gasteiger partial charge in [-0.2, -0.15) is 0 Å². The van der Waals surface area contributed by atoms with Crippen molar-refractivity contribution < 1.29 is 14.3 Å². The van der Waals surface area contributed by atoms with Crippen LogP contribution in [0.1, 0.15) is 20.8 Å². The summed E-state index contributed by atoms with van der Waals surface area (Å²) in [6.45, 7) is 0. The Bertz CT molecular complexity index is 318. The molecule has 0 aliphatic heterocycles. The number of ether oxygens (including phenoxy) is 1. The Balaban J connectivity index is 3.04. The SMILES string of the molecule is COC(=O)c1cc(C=O)c(Cl)[nH]1. The van der Waals surface area contributed by atoms with E-state index < -0.39 is 5.97 Å². The molecule has 5 heteroatoms. The molecule has 0 unspecified atom stereocenters. The molecule has 1 aromatic rings. The summed E-state index contributed by atoms with van der Waals surface area (Å²) in [5, 5.41) is 0.144. The number of carbonyl (C=O) groups is 2. The molecule has 0 aliphatic carbocycles. The zero-order valence-corrected chi connectivity index (χ0v) is 7.01. The second kappa shape index (κ2) is 3.40. The first-order chi connectivity index (χ1) is 5.69. The van der Waals surface area contributed by atoms with Crippen molar-refractivity contribution in [1.82, 2.24) is 4.98 Å². The van der Waals surface area contributed by atoms with E-state index in [4.69, 9.17) is 11.6 Å². The summed E-state index contributed by atoms with van der Waals surface area (Å²) in [4.78, 5) is 23.7. The Labute approximate surface area is 73.5 Å². The van der Waals surface area contributed by atoms with Gasteiger partial charge in [0.25, 0.3) is 0 Å². The van der Waals surface area contributed by atoms with Crippen molar-refractivity contribution in [3.8, 4) is 0 Å². The van der Waals surface area contributed by atoms with E-state index in [0.29, 0.717) is 6.29 Å². The molecule has 0 atom stereocenters. The van der Waals surface area contributed by atoms with Gasteiger partial charge >= 0.3 is 5.97 Å². The van der Waals surface area contributed by atoms with E-state index >= 15 is 0 Å². The molecule has 1 rings (SSSR count). The minimum absolute atomic E-state index is 0.144. The Kier molecular flexibility index (Phi) is 2.50. The van der Waals surface area contributed by atoms with Crippen molar-refractivity contribution in [3.05, 3.63) is 22.5 Å². The lowest BCUT2D eigenvalue weighted by Gasteiger charge is -1.91. The van der Waals surface area contributed by atoms with Crippen LogP contribution >= 0.6 is 11.6 Å². The second-order valence-electron chi connectivity index (χ2n) is 2.06. The van der Waals surface area contributed by atoms with Crippen molar-refractivity contribution in [1.29, 1.82) is 0 Å². The van der Waals surface area contributed by atoms with E-state index in [0.717, 1.165) is 0 Å². The predicted molar refractivity (Wildman–Crippen MR) is 42.5 cm³/mol. The summed E-state index contributed by atoms with van der Waals surface area (Å²) in [5.74, 6) is -0.551. The fourth-order valence-electron chi connectivity index (χ4n) is 0.751. The Hall–Kier alpha value is -1.29. The molecule has 0 spiro atoms. The van der Waals surface area contributed by atoms with E-state index in [2.05, 4.69) is 9.72 Å². The maximum absolute atomic E-state index is 10.9. The van der Waals surface area contributed by atoms with Crippen LogP contribution in [0.5, 0.6) is 0 Å². The number of hydrogen-bond donors (Lipinski definition) is 1. The van der Waals surface area contributed by atoms with Crippen LogP contribution < -0.4 is 0 Å². The normalized spacial score (nSPS) is 9.50. The van der Waals surface area contributed by atoms with Crippen molar-refractivity contribution in [2.75, 3.05) is 7.11 Å². The lowest BCUT2D eigenvalue weighted by molar-refractivity contribution is 0.0595. The number of rotatable bonds is 2. The zero-order valence-electron chi connectivity index (χ0n) is 6.26. The van der Waals surface area contributed by atoms with Crippen molar-refractivity contribution in [2.45, 2.75) is 0 Å².